The number of carbonyl (C=O) groups is 2. The van der Waals surface area contributed by atoms with Gasteiger partial charge in [-0.05, 0) is 37.1 Å². The van der Waals surface area contributed by atoms with Crippen molar-refractivity contribution < 1.29 is 18.0 Å². The van der Waals surface area contributed by atoms with Gasteiger partial charge in [-0.2, -0.15) is 0 Å². The van der Waals surface area contributed by atoms with Gasteiger partial charge in [0.2, 0.25) is 15.9 Å². The lowest BCUT2D eigenvalue weighted by atomic mass is 10.1. The minimum Gasteiger partial charge on any atom is -0.352 e. The highest BCUT2D eigenvalue weighted by Crippen LogP contribution is 2.12. The maximum absolute atomic E-state index is 12.3. The molecule has 0 unspecified atom stereocenters. The second-order valence-corrected chi connectivity index (χ2v) is 7.70. The summed E-state index contributed by atoms with van der Waals surface area (Å²) in [7, 11) is -3.77. The molecule has 26 heavy (non-hydrogen) atoms. The summed E-state index contributed by atoms with van der Waals surface area (Å²) in [6.45, 7) is 3.72. The summed E-state index contributed by atoms with van der Waals surface area (Å²) >= 11 is 0. The van der Waals surface area contributed by atoms with Crippen molar-refractivity contribution in [3.63, 3.8) is 0 Å². The molecule has 138 valence electrons. The van der Waals surface area contributed by atoms with Gasteiger partial charge >= 0.3 is 0 Å². The lowest BCUT2D eigenvalue weighted by Gasteiger charge is -2.09. The summed E-state index contributed by atoms with van der Waals surface area (Å²) in [6.07, 6.45) is 0.0253. The van der Waals surface area contributed by atoms with Crippen LogP contribution in [0.25, 0.3) is 0 Å². The Kier molecular flexibility index (Phi) is 6.65. The van der Waals surface area contributed by atoms with Crippen LogP contribution in [-0.4, -0.2) is 26.7 Å². The first kappa shape index (κ1) is 19.8. The summed E-state index contributed by atoms with van der Waals surface area (Å²) in [5.74, 6) is -0.453. The molecule has 0 saturated carbocycles. The van der Waals surface area contributed by atoms with E-state index in [4.69, 9.17) is 0 Å². The van der Waals surface area contributed by atoms with Crippen molar-refractivity contribution in [2.24, 2.45) is 0 Å². The molecular weight excluding hydrogens is 352 g/mol. The van der Waals surface area contributed by atoms with E-state index >= 15 is 0 Å². The molecule has 1 amide bonds. The van der Waals surface area contributed by atoms with Crippen LogP contribution < -0.4 is 10.0 Å². The predicted molar refractivity (Wildman–Crippen MR) is 99.3 cm³/mol. The van der Waals surface area contributed by atoms with Crippen molar-refractivity contribution in [2.45, 2.75) is 31.7 Å². The number of amides is 1. The van der Waals surface area contributed by atoms with Crippen LogP contribution in [0, 0.1) is 6.92 Å². The number of sulfonamides is 1. The second kappa shape index (κ2) is 8.73. The van der Waals surface area contributed by atoms with E-state index in [2.05, 4.69) is 10.0 Å². The lowest BCUT2D eigenvalue weighted by molar-refractivity contribution is -0.121. The van der Waals surface area contributed by atoms with Gasteiger partial charge in [0.1, 0.15) is 0 Å². The van der Waals surface area contributed by atoms with Gasteiger partial charge < -0.3 is 5.32 Å². The fourth-order valence-corrected chi connectivity index (χ4v) is 3.43. The highest BCUT2D eigenvalue weighted by molar-refractivity contribution is 7.89. The molecule has 2 aromatic rings. The highest BCUT2D eigenvalue weighted by atomic mass is 32.2. The number of benzene rings is 2. The van der Waals surface area contributed by atoms with E-state index in [1.165, 1.54) is 25.1 Å². The van der Waals surface area contributed by atoms with E-state index in [1.54, 1.807) is 6.07 Å². The van der Waals surface area contributed by atoms with Crippen LogP contribution >= 0.6 is 0 Å². The zero-order valence-electron chi connectivity index (χ0n) is 14.8. The van der Waals surface area contributed by atoms with E-state index < -0.39 is 10.0 Å². The monoisotopic (exact) mass is 374 g/mol. The minimum atomic E-state index is -3.77. The second-order valence-electron chi connectivity index (χ2n) is 5.94. The molecule has 0 fully saturated rings. The number of Topliss-reactive ketones (excluding diaryl/α,β-unsaturated/α-hetero) is 1. The lowest BCUT2D eigenvalue weighted by Crippen LogP contribution is -2.30. The van der Waals surface area contributed by atoms with E-state index in [-0.39, 0.29) is 29.6 Å². The Balaban J connectivity index is 1.86. The Morgan fingerprint density at radius 2 is 1.77 bits per heavy atom. The van der Waals surface area contributed by atoms with Gasteiger partial charge in [0.15, 0.2) is 5.78 Å². The first-order valence-electron chi connectivity index (χ1n) is 8.21. The van der Waals surface area contributed by atoms with Crippen molar-refractivity contribution in [2.75, 3.05) is 6.54 Å². The molecule has 0 bridgehead atoms. The number of hydrogen-bond donors (Lipinski definition) is 2. The largest absolute Gasteiger partial charge is 0.352 e. The van der Waals surface area contributed by atoms with Crippen molar-refractivity contribution in [3.8, 4) is 0 Å². The molecule has 0 aliphatic carbocycles. The van der Waals surface area contributed by atoms with Crippen LogP contribution in [0.3, 0.4) is 0 Å². The van der Waals surface area contributed by atoms with E-state index in [0.717, 1.165) is 11.1 Å². The molecular formula is C19H22N2O4S. The number of carbonyl (C=O) groups excluding carboxylic acids is 2. The molecule has 2 N–H and O–H groups in total. The van der Waals surface area contributed by atoms with Crippen LogP contribution in [0.1, 0.15) is 34.8 Å². The van der Waals surface area contributed by atoms with E-state index in [1.807, 2.05) is 31.2 Å². The van der Waals surface area contributed by atoms with Crippen LogP contribution in [0.2, 0.25) is 0 Å². The smallest absolute Gasteiger partial charge is 0.240 e. The Hall–Kier alpha value is -2.51. The zero-order chi connectivity index (χ0) is 19.2. The Labute approximate surface area is 153 Å². The van der Waals surface area contributed by atoms with Gasteiger partial charge in [-0.25, -0.2) is 13.1 Å². The first-order valence-corrected chi connectivity index (χ1v) is 9.70. The Morgan fingerprint density at radius 1 is 1.04 bits per heavy atom. The number of aryl methyl sites for hydroxylation is 1. The third-order valence-electron chi connectivity index (χ3n) is 3.93. The maximum Gasteiger partial charge on any atom is 0.240 e. The van der Waals surface area contributed by atoms with Gasteiger partial charge in [-0.1, -0.05) is 36.4 Å². The zero-order valence-corrected chi connectivity index (χ0v) is 15.6. The van der Waals surface area contributed by atoms with Gasteiger partial charge in [0.25, 0.3) is 0 Å². The normalized spacial score (nSPS) is 11.2. The van der Waals surface area contributed by atoms with E-state index in [0.29, 0.717) is 12.1 Å². The van der Waals surface area contributed by atoms with Gasteiger partial charge in [-0.3, -0.25) is 9.59 Å². The topological polar surface area (TPSA) is 92.3 Å². The standard InChI is InChI=1S/C19H22N2O4S/c1-14-6-3-4-7-17(14)13-20-19(23)10-11-21-26(24,25)18-9-5-8-16(12-18)15(2)22/h3-9,12,21H,10-11,13H2,1-2H3,(H,20,23). The number of hydrogen-bond acceptors (Lipinski definition) is 4. The first-order chi connectivity index (χ1) is 12.3. The fourth-order valence-electron chi connectivity index (χ4n) is 2.36. The third kappa shape index (κ3) is 5.50. The summed E-state index contributed by atoms with van der Waals surface area (Å²) in [5, 5.41) is 2.77. The van der Waals surface area contributed by atoms with Gasteiger partial charge in [-0.15, -0.1) is 0 Å². The molecule has 6 nitrogen and oxygen atoms in total. The van der Waals surface area contributed by atoms with E-state index in [9.17, 15) is 18.0 Å². The maximum atomic E-state index is 12.3. The summed E-state index contributed by atoms with van der Waals surface area (Å²) in [6, 6.07) is 13.5. The molecule has 2 rings (SSSR count). The van der Waals surface area contributed by atoms with Crippen LogP contribution in [0.4, 0.5) is 0 Å². The SMILES string of the molecule is CC(=O)c1cccc(S(=O)(=O)NCCC(=O)NCc2ccccc2C)c1. The molecule has 0 spiro atoms. The number of ketones is 1. The van der Waals surface area contributed by atoms with Gasteiger partial charge in [0, 0.05) is 25.1 Å². The molecule has 0 atom stereocenters. The third-order valence-corrected chi connectivity index (χ3v) is 5.39. The minimum absolute atomic E-state index is 0.00511. The predicted octanol–water partition coefficient (Wildman–Crippen LogP) is 2.18. The summed E-state index contributed by atoms with van der Waals surface area (Å²) in [4.78, 5) is 23.3. The molecule has 0 aliphatic heterocycles. The highest BCUT2D eigenvalue weighted by Gasteiger charge is 2.15. The molecule has 0 heterocycles. The Morgan fingerprint density at radius 3 is 2.46 bits per heavy atom. The van der Waals surface area contributed by atoms with Gasteiger partial charge in [0.05, 0.1) is 4.90 Å². The number of nitrogens with one attached hydrogen (secondary N) is 2. The molecule has 0 saturated heterocycles. The molecule has 0 aromatic heterocycles. The Bertz CT molecular complexity index is 907. The van der Waals surface area contributed by atoms with Crippen LogP contribution in [0.15, 0.2) is 53.4 Å². The number of rotatable bonds is 8. The van der Waals surface area contributed by atoms with Crippen molar-refractivity contribution >= 4 is 21.7 Å². The van der Waals surface area contributed by atoms with Crippen LogP contribution in [0.5, 0.6) is 0 Å². The quantitative estimate of drug-likeness (QED) is 0.693. The average Bonchev–Trinajstić information content (AvgIpc) is 2.61. The molecule has 0 aliphatic rings. The summed E-state index contributed by atoms with van der Waals surface area (Å²) in [5.41, 5.74) is 2.42. The van der Waals surface area contributed by atoms with Crippen molar-refractivity contribution in [3.05, 3.63) is 65.2 Å². The molecule has 2 aromatic carbocycles. The average molecular weight is 374 g/mol. The molecule has 0 radical (unpaired) electrons. The van der Waals surface area contributed by atoms with Crippen molar-refractivity contribution in [1.29, 1.82) is 0 Å². The molecule has 7 heteroatoms. The fraction of sp³-hybridized carbons (Fsp3) is 0.263. The van der Waals surface area contributed by atoms with Crippen molar-refractivity contribution in [1.82, 2.24) is 10.0 Å². The van der Waals surface area contributed by atoms with Crippen LogP contribution in [-0.2, 0) is 21.4 Å². The summed E-state index contributed by atoms with van der Waals surface area (Å²) < 4.78 is 26.9.